The van der Waals surface area contributed by atoms with Gasteiger partial charge in [0.05, 0.1) is 0 Å². The molecule has 16 heteroatoms. The molecule has 108 valence electrons. The van der Waals surface area contributed by atoms with E-state index in [0.29, 0.717) is 0 Å². The van der Waals surface area contributed by atoms with Gasteiger partial charge in [0, 0.05) is 6.54 Å². The van der Waals surface area contributed by atoms with Crippen molar-refractivity contribution in [3.63, 3.8) is 0 Å². The van der Waals surface area contributed by atoms with Gasteiger partial charge in [-0.15, -0.1) is 43.2 Å². The summed E-state index contributed by atoms with van der Waals surface area (Å²) in [6.45, 7) is 0.900. The van der Waals surface area contributed by atoms with Crippen molar-refractivity contribution in [2.24, 2.45) is 18.1 Å². The van der Waals surface area contributed by atoms with Gasteiger partial charge in [-0.1, -0.05) is 6.92 Å². The first-order valence-corrected chi connectivity index (χ1v) is 10.1. The van der Waals surface area contributed by atoms with Crippen LogP contribution in [0.1, 0.15) is 6.92 Å². The molecule has 0 radical (unpaired) electrons. The fourth-order valence-corrected chi connectivity index (χ4v) is 8.00. The average Bonchev–Trinajstić information content (AvgIpc) is 1.91. The van der Waals surface area contributed by atoms with Crippen LogP contribution in [0.4, 0.5) is 29.4 Å². The summed E-state index contributed by atoms with van der Waals surface area (Å²) in [5, 5.41) is 1.62. The molecule has 1 atom stereocenters. The van der Waals surface area contributed by atoms with E-state index in [1.165, 1.54) is 6.92 Å². The average molecular weight is 357 g/mol. The van der Waals surface area contributed by atoms with Crippen molar-refractivity contribution in [1.29, 1.82) is 0 Å². The molecular weight excluding hydrogens is 351 g/mol. The molecule has 1 aliphatic rings. The summed E-state index contributed by atoms with van der Waals surface area (Å²) in [4.78, 5) is 0. The van der Waals surface area contributed by atoms with Gasteiger partial charge >= 0.3 is 31.1 Å². The van der Waals surface area contributed by atoms with Crippen molar-refractivity contribution >= 4 is 31.1 Å². The summed E-state index contributed by atoms with van der Waals surface area (Å²) < 4.78 is 98.2. The second-order valence-corrected chi connectivity index (χ2v) is 9.72. The molecule has 0 aliphatic carbocycles. The van der Waals surface area contributed by atoms with Gasteiger partial charge in [-0.05, 0) is 0 Å². The molecule has 1 unspecified atom stereocenters. The summed E-state index contributed by atoms with van der Waals surface area (Å²) in [5.41, 5.74) is 0. The van der Waals surface area contributed by atoms with Crippen LogP contribution in [-0.2, 0) is 0 Å². The predicted octanol–water partition coefficient (Wildman–Crippen LogP) is 7.18. The largest absolute Gasteiger partial charge is 0.425 e. The van der Waals surface area contributed by atoms with Crippen molar-refractivity contribution in [2.45, 2.75) is 6.92 Å². The molecule has 1 heterocycles. The number of hydrogen-bond acceptors (Lipinski definition) is 5. The molecule has 0 fully saturated rings. The van der Waals surface area contributed by atoms with Gasteiger partial charge in [-0.25, -0.2) is 5.09 Å². The van der Waals surface area contributed by atoms with E-state index < -0.39 is 31.1 Å². The molecule has 5 nitrogen and oxygen atoms in total. The minimum absolute atomic E-state index is 0.331. The van der Waals surface area contributed by atoms with Crippen molar-refractivity contribution in [3.8, 4) is 0 Å². The van der Waals surface area contributed by atoms with E-state index in [1.807, 2.05) is 0 Å². The summed E-state index contributed by atoms with van der Waals surface area (Å²) in [7, 11) is -23.5. The molecular formula is C2H6F7N5P4. The number of hydrogen-bond donors (Lipinski definition) is 1. The Morgan fingerprint density at radius 1 is 0.722 bits per heavy atom. The molecule has 1 N–H and O–H groups in total. The molecule has 1 rings (SSSR count). The lowest BCUT2D eigenvalue weighted by Gasteiger charge is -2.15. The zero-order valence-corrected chi connectivity index (χ0v) is 12.0. The lowest BCUT2D eigenvalue weighted by atomic mass is 10.8. The normalized spacial score (nSPS) is 32.9. The SMILES string of the molecule is CCNP1(F)=NP(F)(F)=NP(F)(F)=NP(F)(F)=N1. The maximum Gasteiger partial charge on any atom is 0.425 e. The summed E-state index contributed by atoms with van der Waals surface area (Å²) >= 11 is 0. The van der Waals surface area contributed by atoms with Gasteiger partial charge in [0.25, 0.3) is 0 Å². The van der Waals surface area contributed by atoms with Gasteiger partial charge in [-0.2, -0.15) is 4.20 Å². The molecule has 0 aromatic carbocycles. The molecule has 0 spiro atoms. The first-order chi connectivity index (χ1) is 7.89. The number of halogens is 7. The van der Waals surface area contributed by atoms with Gasteiger partial charge in [0.15, 0.2) is 0 Å². The third-order valence-corrected chi connectivity index (χ3v) is 9.02. The first kappa shape index (κ1) is 16.4. The number of nitrogens with one attached hydrogen (secondary N) is 1. The van der Waals surface area contributed by atoms with Crippen LogP contribution in [0.25, 0.3) is 0 Å². The smallest absolute Gasteiger partial charge is 0.240 e. The Bertz CT molecular complexity index is 546. The fraction of sp³-hybridized carbons (Fsp3) is 1.00. The molecule has 0 saturated heterocycles. The highest BCUT2D eigenvalue weighted by Crippen LogP contribution is 2.81. The van der Waals surface area contributed by atoms with Crippen LogP contribution in [0, 0.1) is 0 Å². The monoisotopic (exact) mass is 357 g/mol. The lowest BCUT2D eigenvalue weighted by molar-refractivity contribution is 0.689. The van der Waals surface area contributed by atoms with E-state index >= 15 is 0 Å². The topological polar surface area (TPSA) is 61.5 Å². The Balaban J connectivity index is 3.63. The molecule has 0 bridgehead atoms. The van der Waals surface area contributed by atoms with Crippen LogP contribution in [0.3, 0.4) is 0 Å². The fourth-order valence-electron chi connectivity index (χ4n) is 0.880. The van der Waals surface area contributed by atoms with Gasteiger partial charge < -0.3 is 0 Å². The zero-order chi connectivity index (χ0) is 14.2. The summed E-state index contributed by atoms with van der Waals surface area (Å²) in [6, 6.07) is 0. The quantitative estimate of drug-likeness (QED) is 0.413. The Hall–Kier alpha value is 0.390. The third kappa shape index (κ3) is 4.82. The van der Waals surface area contributed by atoms with Crippen LogP contribution in [0.2, 0.25) is 0 Å². The number of rotatable bonds is 2. The Kier molecular flexibility index (Phi) is 4.62. The van der Waals surface area contributed by atoms with E-state index in [-0.39, 0.29) is 6.54 Å². The lowest BCUT2D eigenvalue weighted by Crippen LogP contribution is -2.04. The Morgan fingerprint density at radius 3 is 1.56 bits per heavy atom. The zero-order valence-electron chi connectivity index (χ0n) is 8.43. The standard InChI is InChI=1S/C2H6F7N5P4/c1-2-10-18(9)13-16(5,6)11-15(3,4)12-17(7,8)14-18/h10H,2H2,1H3. The molecule has 1 aliphatic heterocycles. The number of nitrogens with zero attached hydrogens (tertiary/aromatic N) is 4. The van der Waals surface area contributed by atoms with Gasteiger partial charge in [0.1, 0.15) is 0 Å². The first-order valence-electron chi connectivity index (χ1n) is 4.07. The highest BCUT2D eigenvalue weighted by Gasteiger charge is 2.38. The van der Waals surface area contributed by atoms with Crippen LogP contribution in [0.15, 0.2) is 18.1 Å². The van der Waals surface area contributed by atoms with Crippen molar-refractivity contribution in [2.75, 3.05) is 6.54 Å². The molecule has 0 aromatic heterocycles. The molecule has 0 saturated carbocycles. The van der Waals surface area contributed by atoms with Gasteiger partial charge in [-0.3, -0.25) is 0 Å². The van der Waals surface area contributed by atoms with E-state index in [2.05, 4.69) is 9.03 Å². The van der Waals surface area contributed by atoms with Crippen LogP contribution < -0.4 is 5.09 Å². The molecule has 0 amide bonds. The highest BCUT2D eigenvalue weighted by molar-refractivity contribution is 7.78. The Morgan fingerprint density at radius 2 is 1.11 bits per heavy atom. The minimum atomic E-state index is -6.24. The third-order valence-electron chi connectivity index (χ3n) is 1.24. The predicted molar refractivity (Wildman–Crippen MR) is 58.8 cm³/mol. The summed E-state index contributed by atoms with van der Waals surface area (Å²) in [6.07, 6.45) is 0. The minimum Gasteiger partial charge on any atom is -0.240 e. The second-order valence-electron chi connectivity index (χ2n) is 2.76. The molecule has 18 heavy (non-hydrogen) atoms. The van der Waals surface area contributed by atoms with E-state index in [1.54, 1.807) is 14.1 Å². The summed E-state index contributed by atoms with van der Waals surface area (Å²) in [5.74, 6) is 0. The van der Waals surface area contributed by atoms with E-state index in [4.69, 9.17) is 0 Å². The van der Waals surface area contributed by atoms with Crippen molar-refractivity contribution < 1.29 is 29.4 Å². The van der Waals surface area contributed by atoms with Crippen molar-refractivity contribution in [3.05, 3.63) is 0 Å². The van der Waals surface area contributed by atoms with E-state index in [0.717, 1.165) is 0 Å². The van der Waals surface area contributed by atoms with Crippen LogP contribution in [0.5, 0.6) is 0 Å². The van der Waals surface area contributed by atoms with E-state index in [9.17, 15) is 29.4 Å². The molecule has 0 aromatic rings. The maximum atomic E-state index is 13.7. The van der Waals surface area contributed by atoms with Crippen LogP contribution >= 0.6 is 31.1 Å². The Labute approximate surface area is 97.9 Å². The maximum absolute atomic E-state index is 13.7. The highest BCUT2D eigenvalue weighted by atomic mass is 31.3. The van der Waals surface area contributed by atoms with Gasteiger partial charge in [0.2, 0.25) is 0 Å². The second kappa shape index (κ2) is 5.06. The van der Waals surface area contributed by atoms with Crippen LogP contribution in [-0.4, -0.2) is 6.54 Å². The van der Waals surface area contributed by atoms with Crippen molar-refractivity contribution in [1.82, 2.24) is 5.09 Å².